The number of anilines is 1. The van der Waals surface area contributed by atoms with E-state index in [-0.39, 0.29) is 10.8 Å². The zero-order chi connectivity index (χ0) is 31.6. The molecule has 2 aliphatic rings. The van der Waals surface area contributed by atoms with Crippen LogP contribution < -0.4 is 4.90 Å². The van der Waals surface area contributed by atoms with E-state index in [0.717, 1.165) is 13.0 Å². The summed E-state index contributed by atoms with van der Waals surface area (Å²) in [5, 5.41) is 2.65. The highest BCUT2D eigenvalue weighted by molar-refractivity contribution is 6.05. The Morgan fingerprint density at radius 2 is 1.42 bits per heavy atom. The van der Waals surface area contributed by atoms with Crippen LogP contribution >= 0.6 is 0 Å². The van der Waals surface area contributed by atoms with Crippen molar-refractivity contribution in [2.24, 2.45) is 0 Å². The van der Waals surface area contributed by atoms with Crippen molar-refractivity contribution in [3.05, 3.63) is 131 Å². The smallest absolute Gasteiger partial charge is 0.210 e. The van der Waals surface area contributed by atoms with Crippen LogP contribution in [0, 0.1) is 6.92 Å². The number of aryl methyl sites for hydroxylation is 1. The van der Waals surface area contributed by atoms with E-state index in [4.69, 9.17) is 0 Å². The molecule has 2 nitrogen and oxygen atoms in total. The van der Waals surface area contributed by atoms with E-state index >= 15 is 0 Å². The second-order valence-electron chi connectivity index (χ2n) is 14.1. The van der Waals surface area contributed by atoms with E-state index < -0.39 is 0 Å². The van der Waals surface area contributed by atoms with Crippen LogP contribution in [0.15, 0.2) is 109 Å². The Kier molecular flexibility index (Phi) is 8.87. The van der Waals surface area contributed by atoms with Gasteiger partial charge in [-0.15, -0.1) is 0 Å². The quantitative estimate of drug-likeness (QED) is 0.123. The molecule has 0 radical (unpaired) electrons. The van der Waals surface area contributed by atoms with Crippen molar-refractivity contribution in [2.75, 3.05) is 18.5 Å². The first-order valence-corrected chi connectivity index (χ1v) is 17.2. The van der Waals surface area contributed by atoms with Crippen molar-refractivity contribution in [3.8, 4) is 0 Å². The molecule has 1 unspecified atom stereocenters. The lowest BCUT2D eigenvalue weighted by molar-refractivity contribution is -0.438. The van der Waals surface area contributed by atoms with Gasteiger partial charge in [0.1, 0.15) is 6.54 Å². The van der Waals surface area contributed by atoms with Crippen LogP contribution in [-0.2, 0) is 17.3 Å². The first-order valence-electron chi connectivity index (χ1n) is 17.2. The van der Waals surface area contributed by atoms with E-state index in [0.29, 0.717) is 0 Å². The Bertz CT molecular complexity index is 1780. The number of allylic oxidation sites excluding steroid dienone is 4. The van der Waals surface area contributed by atoms with Gasteiger partial charge < -0.3 is 4.90 Å². The fraction of sp³-hybridized carbons (Fsp3) is 0.372. The van der Waals surface area contributed by atoms with E-state index in [1.165, 1.54) is 94.3 Å². The van der Waals surface area contributed by atoms with Gasteiger partial charge in [0.05, 0.1) is 5.41 Å². The Morgan fingerprint density at radius 3 is 2.20 bits per heavy atom. The summed E-state index contributed by atoms with van der Waals surface area (Å²) in [6.07, 6.45) is 16.0. The molecule has 0 saturated carbocycles. The van der Waals surface area contributed by atoms with Gasteiger partial charge in [-0.1, -0.05) is 105 Å². The molecule has 0 spiro atoms. The van der Waals surface area contributed by atoms with Gasteiger partial charge in [-0.2, -0.15) is 4.58 Å². The highest BCUT2D eigenvalue weighted by Gasteiger charge is 2.45. The maximum absolute atomic E-state index is 2.64. The molecule has 0 amide bonds. The number of hydrogen-bond donors (Lipinski definition) is 0. The Labute approximate surface area is 271 Å². The fourth-order valence-electron chi connectivity index (χ4n) is 7.92. The maximum Gasteiger partial charge on any atom is 0.210 e. The highest BCUT2D eigenvalue weighted by Crippen LogP contribution is 2.49. The number of hydrogen-bond acceptors (Lipinski definition) is 1. The van der Waals surface area contributed by atoms with E-state index in [1.54, 1.807) is 0 Å². The van der Waals surface area contributed by atoms with Gasteiger partial charge in [0, 0.05) is 48.0 Å². The van der Waals surface area contributed by atoms with Gasteiger partial charge in [-0.3, -0.25) is 0 Å². The molecule has 0 bridgehead atoms. The molecule has 1 atom stereocenters. The molecule has 0 saturated heterocycles. The zero-order valence-corrected chi connectivity index (χ0v) is 28.4. The molecule has 2 heterocycles. The van der Waals surface area contributed by atoms with Crippen LogP contribution in [0.5, 0.6) is 0 Å². The normalized spacial score (nSPS) is 19.7. The average molecular weight is 596 g/mol. The molecular weight excluding hydrogens is 544 g/mol. The third-order valence-electron chi connectivity index (χ3n) is 10.6. The van der Waals surface area contributed by atoms with Crippen molar-refractivity contribution in [1.82, 2.24) is 0 Å². The molecule has 0 aliphatic carbocycles. The minimum atomic E-state index is -0.115. The van der Waals surface area contributed by atoms with Crippen molar-refractivity contribution >= 4 is 27.9 Å². The number of likely N-dealkylation sites (N-methyl/N-ethyl adjacent to an activating group) is 1. The summed E-state index contributed by atoms with van der Waals surface area (Å²) in [5.41, 5.74) is 10.9. The molecule has 0 N–H and O–H groups in total. The lowest BCUT2D eigenvalue weighted by Gasteiger charge is -2.29. The number of benzene rings is 4. The second kappa shape index (κ2) is 12.8. The average Bonchev–Trinajstić information content (AvgIpc) is 3.37. The summed E-state index contributed by atoms with van der Waals surface area (Å²) in [4.78, 5) is 2.41. The van der Waals surface area contributed by atoms with Crippen LogP contribution in [0.2, 0.25) is 0 Å². The van der Waals surface area contributed by atoms with Crippen molar-refractivity contribution < 1.29 is 4.58 Å². The third-order valence-corrected chi connectivity index (χ3v) is 10.6. The standard InChI is InChI=1S/C43H51N2/c1-7-8-9-10-11-18-28-45-39-30-34-22-15-14-21-33(34)29-37(39)42(3,4)40(45)26-19-27-41-43(5,31-35-23-13-12-20-32(35)2)36-24-16-17-25-38(36)44(41)6/h12-17,19-27,29-30H,7-11,18,28,31H2,1-6H3/q+1. The van der Waals surface area contributed by atoms with E-state index in [1.807, 2.05) is 0 Å². The number of para-hydroxylation sites is 1. The number of fused-ring (bicyclic) bond motifs is 3. The molecule has 6 rings (SSSR count). The molecule has 4 aromatic carbocycles. The summed E-state index contributed by atoms with van der Waals surface area (Å²) in [6.45, 7) is 12.9. The third kappa shape index (κ3) is 5.81. The summed E-state index contributed by atoms with van der Waals surface area (Å²) in [7, 11) is 2.24. The van der Waals surface area contributed by atoms with Gasteiger partial charge in [0.2, 0.25) is 5.69 Å². The van der Waals surface area contributed by atoms with Gasteiger partial charge >= 0.3 is 0 Å². The van der Waals surface area contributed by atoms with Crippen LogP contribution in [0.1, 0.15) is 88.5 Å². The summed E-state index contributed by atoms with van der Waals surface area (Å²) in [5.74, 6) is 0. The van der Waals surface area contributed by atoms with Crippen molar-refractivity contribution in [1.29, 1.82) is 0 Å². The SMILES string of the molecule is CCCCCCCC[N+]1=C(C=CC=C2N(C)c3ccccc3C2(C)Cc2ccccc2C)C(C)(C)c2cc3ccccc3cc21. The molecule has 45 heavy (non-hydrogen) atoms. The number of nitrogens with zero attached hydrogens (tertiary/aromatic N) is 2. The minimum absolute atomic E-state index is 0.0778. The molecule has 232 valence electrons. The summed E-state index contributed by atoms with van der Waals surface area (Å²) in [6, 6.07) is 31.5. The van der Waals surface area contributed by atoms with Gasteiger partial charge in [-0.05, 0) is 86.2 Å². The maximum atomic E-state index is 2.64. The molecular formula is C43H51N2+. The van der Waals surface area contributed by atoms with Crippen molar-refractivity contribution in [3.63, 3.8) is 0 Å². The van der Waals surface area contributed by atoms with Crippen molar-refractivity contribution in [2.45, 2.75) is 90.4 Å². The van der Waals surface area contributed by atoms with E-state index in [2.05, 4.69) is 154 Å². The fourth-order valence-corrected chi connectivity index (χ4v) is 7.92. The lowest BCUT2D eigenvalue weighted by Crippen LogP contribution is -2.29. The Hall–Kier alpha value is -3.91. The second-order valence-corrected chi connectivity index (χ2v) is 14.1. The Balaban J connectivity index is 1.39. The first kappa shape index (κ1) is 31.1. The van der Waals surface area contributed by atoms with Crippen LogP contribution in [0.4, 0.5) is 11.4 Å². The van der Waals surface area contributed by atoms with Gasteiger partial charge in [-0.25, -0.2) is 0 Å². The summed E-state index contributed by atoms with van der Waals surface area (Å²) >= 11 is 0. The predicted molar refractivity (Wildman–Crippen MR) is 194 cm³/mol. The summed E-state index contributed by atoms with van der Waals surface area (Å²) < 4.78 is 2.64. The minimum Gasteiger partial charge on any atom is -0.347 e. The van der Waals surface area contributed by atoms with Gasteiger partial charge in [0.15, 0.2) is 5.71 Å². The van der Waals surface area contributed by atoms with E-state index in [9.17, 15) is 0 Å². The van der Waals surface area contributed by atoms with Crippen LogP contribution in [0.3, 0.4) is 0 Å². The first-order chi connectivity index (χ1) is 21.8. The Morgan fingerprint density at radius 1 is 0.756 bits per heavy atom. The molecule has 0 aromatic heterocycles. The predicted octanol–water partition coefficient (Wildman–Crippen LogP) is 11.0. The molecule has 0 fully saturated rings. The molecule has 2 heteroatoms. The zero-order valence-electron chi connectivity index (χ0n) is 28.4. The largest absolute Gasteiger partial charge is 0.347 e. The molecule has 2 aliphatic heterocycles. The number of unbranched alkanes of at least 4 members (excludes halogenated alkanes) is 5. The highest BCUT2D eigenvalue weighted by atomic mass is 15.2. The van der Waals surface area contributed by atoms with Crippen LogP contribution in [0.25, 0.3) is 10.8 Å². The van der Waals surface area contributed by atoms with Gasteiger partial charge in [0.25, 0.3) is 0 Å². The van der Waals surface area contributed by atoms with Crippen LogP contribution in [-0.4, -0.2) is 23.9 Å². The molecule has 4 aromatic rings. The number of rotatable bonds is 11. The topological polar surface area (TPSA) is 6.25 Å². The monoisotopic (exact) mass is 595 g/mol. The lowest BCUT2D eigenvalue weighted by atomic mass is 9.75.